The molecule has 0 bridgehead atoms. The van der Waals surface area contributed by atoms with Crippen molar-refractivity contribution in [2.24, 2.45) is 0 Å². The van der Waals surface area contributed by atoms with E-state index in [1.165, 1.54) is 21.7 Å². The van der Waals surface area contributed by atoms with Crippen molar-refractivity contribution in [2.75, 3.05) is 6.61 Å². The first-order chi connectivity index (χ1) is 3.93. The fourth-order valence-corrected chi connectivity index (χ4v) is 6.07. The molecule has 0 atom stereocenters. The average molecular weight is 238 g/mol. The molecule has 0 saturated carbocycles. The van der Waals surface area contributed by atoms with E-state index in [1.807, 2.05) is 0 Å². The van der Waals surface area contributed by atoms with Crippen molar-refractivity contribution in [1.82, 2.24) is 0 Å². The van der Waals surface area contributed by atoms with Gasteiger partial charge in [0, 0.05) is 0 Å². The molecule has 0 spiro atoms. The van der Waals surface area contributed by atoms with Gasteiger partial charge < -0.3 is 5.48 Å². The summed E-state index contributed by atoms with van der Waals surface area (Å²) in [5.74, 6) is 0. The van der Waals surface area contributed by atoms with Crippen LogP contribution in [0.1, 0.15) is 19.8 Å². The zero-order valence-electron chi connectivity index (χ0n) is 5.94. The summed E-state index contributed by atoms with van der Waals surface area (Å²) in [7, 11) is 0. The predicted molar refractivity (Wildman–Crippen MR) is 39.8 cm³/mol. The maximum atomic E-state index is 5.62. The molecule has 1 aliphatic heterocycles. The molecule has 55 valence electrons. The normalized spacial score (nSPS) is 21.0. The molecule has 1 rings (SSSR count). The van der Waals surface area contributed by atoms with E-state index in [9.17, 15) is 0 Å². The number of hydrogen-bond donors (Lipinski definition) is 0. The van der Waals surface area contributed by atoms with Crippen molar-refractivity contribution in [3.8, 4) is 0 Å². The van der Waals surface area contributed by atoms with E-state index in [0.29, 0.717) is 0 Å². The van der Waals surface area contributed by atoms with Crippen LogP contribution >= 0.6 is 0 Å². The zero-order valence-corrected chi connectivity index (χ0v) is 8.80. The molecule has 1 radical (unpaired) electrons. The van der Waals surface area contributed by atoms with E-state index in [2.05, 4.69) is 6.92 Å². The minimum atomic E-state index is -1.10. The number of rotatable bonds is 1. The smallest absolute Gasteiger partial charge is 0.412 e. The molecule has 0 aromatic heterocycles. The van der Waals surface area contributed by atoms with Gasteiger partial charge in [0.15, 0.2) is 0 Å². The van der Waals surface area contributed by atoms with Crippen LogP contribution in [0.2, 0.25) is 8.87 Å². The maximum absolute atomic E-state index is 5.62. The molecule has 2 nitrogen and oxygen atoms in total. The third-order valence-electron chi connectivity index (χ3n) is 1.55. The largest absolute Gasteiger partial charge is 0.412 e. The molecule has 0 aromatic carbocycles. The summed E-state index contributed by atoms with van der Waals surface area (Å²) in [4.78, 5) is 0. The SMILES string of the molecule is C[CH2][Sn]1[CH2]CCC[O]1.O. The topological polar surface area (TPSA) is 40.7 Å². The summed E-state index contributed by atoms with van der Waals surface area (Å²) in [5.41, 5.74) is 0. The molecule has 1 aliphatic rings. The summed E-state index contributed by atoms with van der Waals surface area (Å²) < 4.78 is 8.50. The molecular weight excluding hydrogens is 223 g/mol. The Labute approximate surface area is 64.2 Å². The minimum absolute atomic E-state index is 0. The summed E-state index contributed by atoms with van der Waals surface area (Å²) in [5, 5.41) is 0. The summed E-state index contributed by atoms with van der Waals surface area (Å²) in [6.45, 7) is 3.36. The van der Waals surface area contributed by atoms with Crippen molar-refractivity contribution < 1.29 is 8.55 Å². The average Bonchev–Trinajstić information content (AvgIpc) is 1.90. The Morgan fingerprint density at radius 2 is 2.22 bits per heavy atom. The van der Waals surface area contributed by atoms with Crippen molar-refractivity contribution in [3.63, 3.8) is 0 Å². The van der Waals surface area contributed by atoms with Crippen molar-refractivity contribution in [2.45, 2.75) is 28.6 Å². The molecular formula is C6H15O2Sn. The molecule has 0 amide bonds. The molecule has 0 aliphatic carbocycles. The van der Waals surface area contributed by atoms with Gasteiger partial charge in [-0.15, -0.1) is 0 Å². The first kappa shape index (κ1) is 9.72. The fourth-order valence-electron chi connectivity index (χ4n) is 0.992. The van der Waals surface area contributed by atoms with Crippen LogP contribution < -0.4 is 0 Å². The third-order valence-corrected chi connectivity index (χ3v) is 8.15. The quantitative estimate of drug-likeness (QED) is 0.627. The van der Waals surface area contributed by atoms with E-state index in [0.717, 1.165) is 6.61 Å². The Balaban J connectivity index is 0.000000640. The van der Waals surface area contributed by atoms with Gasteiger partial charge in [-0.2, -0.15) is 0 Å². The molecule has 3 heteroatoms. The van der Waals surface area contributed by atoms with Gasteiger partial charge in [-0.05, 0) is 0 Å². The van der Waals surface area contributed by atoms with Crippen molar-refractivity contribution in [3.05, 3.63) is 0 Å². The second-order valence-corrected chi connectivity index (χ2v) is 9.54. The Morgan fingerprint density at radius 3 is 2.56 bits per heavy atom. The third kappa shape index (κ3) is 3.43. The van der Waals surface area contributed by atoms with Gasteiger partial charge in [0.25, 0.3) is 0 Å². The first-order valence-electron chi connectivity index (χ1n) is 3.41. The fraction of sp³-hybridized carbons (Fsp3) is 1.00. The molecule has 1 fully saturated rings. The predicted octanol–water partition coefficient (Wildman–Crippen LogP) is 0.983. The van der Waals surface area contributed by atoms with Gasteiger partial charge in [0.1, 0.15) is 0 Å². The molecule has 0 aromatic rings. The van der Waals surface area contributed by atoms with Crippen LogP contribution in [0.15, 0.2) is 0 Å². The molecule has 0 unspecified atom stereocenters. The Hall–Kier alpha value is 0.719. The van der Waals surface area contributed by atoms with Crippen molar-refractivity contribution >= 4 is 20.2 Å². The Morgan fingerprint density at radius 1 is 1.44 bits per heavy atom. The monoisotopic (exact) mass is 239 g/mol. The molecule has 2 N–H and O–H groups in total. The van der Waals surface area contributed by atoms with Gasteiger partial charge in [-0.1, -0.05) is 0 Å². The van der Waals surface area contributed by atoms with Crippen LogP contribution in [0, 0.1) is 0 Å². The van der Waals surface area contributed by atoms with Crippen LogP contribution in [0.5, 0.6) is 0 Å². The van der Waals surface area contributed by atoms with Gasteiger partial charge in [-0.3, -0.25) is 0 Å². The summed E-state index contributed by atoms with van der Waals surface area (Å²) in [6, 6.07) is 0. The van der Waals surface area contributed by atoms with Gasteiger partial charge in [0.2, 0.25) is 0 Å². The minimum Gasteiger partial charge on any atom is -0.412 e. The van der Waals surface area contributed by atoms with Gasteiger partial charge >= 0.3 is 58.5 Å². The van der Waals surface area contributed by atoms with Crippen LogP contribution in [-0.2, 0) is 3.07 Å². The van der Waals surface area contributed by atoms with Crippen LogP contribution in [-0.4, -0.2) is 32.3 Å². The Bertz CT molecular complexity index is 62.1. The molecule has 1 saturated heterocycles. The van der Waals surface area contributed by atoms with Crippen molar-refractivity contribution in [1.29, 1.82) is 0 Å². The van der Waals surface area contributed by atoms with Gasteiger partial charge in [-0.25, -0.2) is 0 Å². The molecule has 9 heavy (non-hydrogen) atoms. The van der Waals surface area contributed by atoms with E-state index >= 15 is 0 Å². The second-order valence-electron chi connectivity index (χ2n) is 2.20. The van der Waals surface area contributed by atoms with E-state index in [1.54, 1.807) is 0 Å². The summed E-state index contributed by atoms with van der Waals surface area (Å²) in [6.07, 6.45) is 2.78. The zero-order chi connectivity index (χ0) is 5.82. The Kier molecular flexibility index (Phi) is 5.94. The number of hydrogen-bond acceptors (Lipinski definition) is 1. The maximum Gasteiger partial charge on any atom is -0.412 e. The van der Waals surface area contributed by atoms with Crippen LogP contribution in [0.25, 0.3) is 0 Å². The van der Waals surface area contributed by atoms with E-state index < -0.39 is 20.2 Å². The standard InChI is InChI=1S/C4H8O.C2H5.H2O.Sn/c1-2-3-4-5;1-2;;/h1-4H2;1H2,2H3;1H2;/q-1;;;+1. The molecule has 1 heterocycles. The second kappa shape index (κ2) is 5.50. The van der Waals surface area contributed by atoms with Gasteiger partial charge in [0.05, 0.1) is 0 Å². The van der Waals surface area contributed by atoms with Crippen LogP contribution in [0.3, 0.4) is 0 Å². The van der Waals surface area contributed by atoms with E-state index in [4.69, 9.17) is 3.07 Å². The first-order valence-corrected chi connectivity index (χ1v) is 8.61. The summed E-state index contributed by atoms with van der Waals surface area (Å²) >= 11 is -1.10. The van der Waals surface area contributed by atoms with E-state index in [-0.39, 0.29) is 5.48 Å². The van der Waals surface area contributed by atoms with Crippen LogP contribution in [0.4, 0.5) is 0 Å².